The van der Waals surface area contributed by atoms with Crippen molar-refractivity contribution in [3.05, 3.63) is 35.4 Å². The minimum atomic E-state index is 0. The summed E-state index contributed by atoms with van der Waals surface area (Å²) in [6, 6.07) is 7.86. The largest absolute Gasteiger partial charge is 0.342 e. The minimum absolute atomic E-state index is 0. The van der Waals surface area contributed by atoms with Crippen LogP contribution in [-0.2, 0) is 4.79 Å². The third-order valence-corrected chi connectivity index (χ3v) is 6.60. The number of carbonyl (C=O) groups is 2. The number of likely N-dealkylation sites (tertiary alicyclic amines) is 1. The van der Waals surface area contributed by atoms with E-state index in [1.54, 1.807) is 0 Å². The lowest BCUT2D eigenvalue weighted by molar-refractivity contribution is -0.134. The Morgan fingerprint density at radius 3 is 2.31 bits per heavy atom. The third kappa shape index (κ3) is 3.67. The number of hydrogen-bond acceptors (Lipinski definition) is 3. The third-order valence-electron chi connectivity index (χ3n) is 6.60. The molecule has 1 aromatic rings. The molecule has 4 nitrogen and oxygen atoms in total. The lowest BCUT2D eigenvalue weighted by atomic mass is 9.88. The summed E-state index contributed by atoms with van der Waals surface area (Å²) in [5, 5.41) is 3.39. The van der Waals surface area contributed by atoms with Gasteiger partial charge in [0.15, 0.2) is 5.78 Å². The number of Topliss-reactive ketones (excluding diaryl/α,β-unsaturated/α-hetero) is 1. The molecule has 1 atom stereocenters. The number of hydrogen-bond donors (Lipinski definition) is 1. The molecule has 142 valence electrons. The average molecular weight is 377 g/mol. The number of amides is 1. The summed E-state index contributed by atoms with van der Waals surface area (Å²) in [4.78, 5) is 27.5. The summed E-state index contributed by atoms with van der Waals surface area (Å²) in [6.07, 6.45) is 4.98. The quantitative estimate of drug-likeness (QED) is 0.824. The van der Waals surface area contributed by atoms with Gasteiger partial charge in [0.1, 0.15) is 0 Å². The predicted molar refractivity (Wildman–Crippen MR) is 105 cm³/mol. The second kappa shape index (κ2) is 7.69. The molecule has 2 saturated heterocycles. The zero-order valence-corrected chi connectivity index (χ0v) is 16.3. The molecular weight excluding hydrogens is 348 g/mol. The number of halogens is 1. The molecule has 3 fully saturated rings. The summed E-state index contributed by atoms with van der Waals surface area (Å²) in [5.74, 6) is 0.911. The topological polar surface area (TPSA) is 49.4 Å². The van der Waals surface area contributed by atoms with Crippen molar-refractivity contribution in [3.8, 4) is 0 Å². The van der Waals surface area contributed by atoms with Crippen LogP contribution >= 0.6 is 12.4 Å². The molecule has 1 spiro atoms. The van der Waals surface area contributed by atoms with Crippen LogP contribution in [0.3, 0.4) is 0 Å². The van der Waals surface area contributed by atoms with Gasteiger partial charge in [-0.3, -0.25) is 9.59 Å². The zero-order valence-electron chi connectivity index (χ0n) is 15.5. The van der Waals surface area contributed by atoms with E-state index < -0.39 is 0 Å². The van der Waals surface area contributed by atoms with Gasteiger partial charge in [-0.2, -0.15) is 0 Å². The predicted octanol–water partition coefficient (Wildman–Crippen LogP) is 3.23. The van der Waals surface area contributed by atoms with Crippen molar-refractivity contribution in [1.82, 2.24) is 10.2 Å². The van der Waals surface area contributed by atoms with Crippen molar-refractivity contribution in [1.29, 1.82) is 0 Å². The summed E-state index contributed by atoms with van der Waals surface area (Å²) in [7, 11) is 0. The van der Waals surface area contributed by atoms with Gasteiger partial charge in [-0.15, -0.1) is 12.4 Å². The molecule has 1 unspecified atom stereocenters. The Bertz CT molecular complexity index is 659. The first-order valence-electron chi connectivity index (χ1n) is 9.69. The standard InChI is InChI=1S/C21H28N2O2.ClH/c1-15-2-4-16(5-3-15)19(24)17-6-12-23(13-7-17)20(25)18-14-21(18)8-10-22-11-9-21;/h2-5,17-18,22H,6-14H2,1H3;1H. The fourth-order valence-corrected chi connectivity index (χ4v) is 4.71. The molecule has 0 radical (unpaired) electrons. The number of aryl methyl sites for hydroxylation is 1. The highest BCUT2D eigenvalue weighted by Gasteiger charge is 2.58. The second-order valence-corrected chi connectivity index (χ2v) is 8.20. The highest BCUT2D eigenvalue weighted by molar-refractivity contribution is 5.98. The van der Waals surface area contributed by atoms with Gasteiger partial charge in [0.05, 0.1) is 0 Å². The molecule has 1 aliphatic carbocycles. The monoisotopic (exact) mass is 376 g/mol. The number of ketones is 1. The van der Waals surface area contributed by atoms with Gasteiger partial charge in [-0.1, -0.05) is 29.8 Å². The van der Waals surface area contributed by atoms with E-state index >= 15 is 0 Å². The SMILES string of the molecule is Cc1ccc(C(=O)C2CCN(C(=O)C3CC34CCNCC4)CC2)cc1.Cl. The van der Waals surface area contributed by atoms with Crippen molar-refractivity contribution in [2.75, 3.05) is 26.2 Å². The molecule has 1 N–H and O–H groups in total. The zero-order chi connectivity index (χ0) is 17.4. The Morgan fingerprint density at radius 1 is 1.08 bits per heavy atom. The van der Waals surface area contributed by atoms with Crippen LogP contribution in [0, 0.1) is 24.2 Å². The second-order valence-electron chi connectivity index (χ2n) is 8.20. The van der Waals surface area contributed by atoms with E-state index in [9.17, 15) is 9.59 Å². The maximum absolute atomic E-state index is 12.8. The van der Waals surface area contributed by atoms with Crippen LogP contribution in [0.1, 0.15) is 48.0 Å². The maximum atomic E-state index is 12.8. The molecule has 2 heterocycles. The van der Waals surface area contributed by atoms with E-state index in [-0.39, 0.29) is 30.0 Å². The van der Waals surface area contributed by atoms with Gasteiger partial charge in [0.25, 0.3) is 0 Å². The Balaban J connectivity index is 0.00000196. The van der Waals surface area contributed by atoms with E-state index in [4.69, 9.17) is 0 Å². The molecule has 3 aliphatic rings. The molecule has 26 heavy (non-hydrogen) atoms. The van der Waals surface area contributed by atoms with Crippen LogP contribution in [0.25, 0.3) is 0 Å². The molecular formula is C21H29ClN2O2. The Morgan fingerprint density at radius 2 is 1.69 bits per heavy atom. The van der Waals surface area contributed by atoms with Crippen LogP contribution in [0.4, 0.5) is 0 Å². The van der Waals surface area contributed by atoms with E-state index in [1.807, 2.05) is 36.1 Å². The summed E-state index contributed by atoms with van der Waals surface area (Å²) >= 11 is 0. The van der Waals surface area contributed by atoms with E-state index in [2.05, 4.69) is 5.32 Å². The smallest absolute Gasteiger partial charge is 0.226 e. The highest BCUT2D eigenvalue weighted by Crippen LogP contribution is 2.59. The van der Waals surface area contributed by atoms with Crippen molar-refractivity contribution in [3.63, 3.8) is 0 Å². The summed E-state index contributed by atoms with van der Waals surface area (Å²) < 4.78 is 0. The number of nitrogens with zero attached hydrogens (tertiary/aromatic N) is 1. The average Bonchev–Trinajstić information content (AvgIpc) is 3.34. The van der Waals surface area contributed by atoms with Crippen molar-refractivity contribution in [2.24, 2.45) is 17.3 Å². The normalized spacial score (nSPS) is 24.8. The lowest BCUT2D eigenvalue weighted by Gasteiger charge is -2.33. The van der Waals surface area contributed by atoms with Gasteiger partial charge in [0, 0.05) is 30.5 Å². The first kappa shape index (κ1) is 19.4. The van der Waals surface area contributed by atoms with Crippen LogP contribution in [0.5, 0.6) is 0 Å². The van der Waals surface area contributed by atoms with Gasteiger partial charge >= 0.3 is 0 Å². The highest BCUT2D eigenvalue weighted by atomic mass is 35.5. The van der Waals surface area contributed by atoms with Crippen molar-refractivity contribution < 1.29 is 9.59 Å². The van der Waals surface area contributed by atoms with E-state index in [0.717, 1.165) is 63.8 Å². The molecule has 0 aromatic heterocycles. The number of carbonyl (C=O) groups excluding carboxylic acids is 2. The Hall–Kier alpha value is -1.39. The van der Waals surface area contributed by atoms with Crippen LogP contribution in [-0.4, -0.2) is 42.8 Å². The fraction of sp³-hybridized carbons (Fsp3) is 0.619. The van der Waals surface area contributed by atoms with Crippen LogP contribution in [0.15, 0.2) is 24.3 Å². The molecule has 4 rings (SSSR count). The summed E-state index contributed by atoms with van der Waals surface area (Å²) in [5.41, 5.74) is 2.29. The molecule has 1 aromatic carbocycles. The van der Waals surface area contributed by atoms with Crippen LogP contribution in [0.2, 0.25) is 0 Å². The first-order valence-corrected chi connectivity index (χ1v) is 9.69. The number of benzene rings is 1. The molecule has 5 heteroatoms. The van der Waals surface area contributed by atoms with Gasteiger partial charge in [-0.05, 0) is 57.5 Å². The van der Waals surface area contributed by atoms with Gasteiger partial charge in [-0.25, -0.2) is 0 Å². The first-order chi connectivity index (χ1) is 12.1. The minimum Gasteiger partial charge on any atom is -0.342 e. The number of nitrogens with one attached hydrogen (secondary N) is 1. The Kier molecular flexibility index (Phi) is 5.73. The van der Waals surface area contributed by atoms with Gasteiger partial charge < -0.3 is 10.2 Å². The molecule has 2 aliphatic heterocycles. The summed E-state index contributed by atoms with van der Waals surface area (Å²) in [6.45, 7) is 5.62. The molecule has 0 bridgehead atoms. The van der Waals surface area contributed by atoms with E-state index in [0.29, 0.717) is 11.3 Å². The van der Waals surface area contributed by atoms with E-state index in [1.165, 1.54) is 5.56 Å². The van der Waals surface area contributed by atoms with Crippen LogP contribution < -0.4 is 5.32 Å². The van der Waals surface area contributed by atoms with Crippen molar-refractivity contribution >= 4 is 24.1 Å². The molecule has 1 amide bonds. The van der Waals surface area contributed by atoms with Crippen molar-refractivity contribution in [2.45, 2.75) is 39.0 Å². The molecule has 1 saturated carbocycles. The number of rotatable bonds is 3. The van der Waals surface area contributed by atoms with Gasteiger partial charge in [0.2, 0.25) is 5.91 Å². The lowest BCUT2D eigenvalue weighted by Crippen LogP contribution is -2.42. The number of piperidine rings is 2. The Labute approximate surface area is 162 Å². The maximum Gasteiger partial charge on any atom is 0.226 e. The fourth-order valence-electron chi connectivity index (χ4n) is 4.71.